The van der Waals surface area contributed by atoms with Gasteiger partial charge in [0, 0.05) is 23.7 Å². The normalized spacial score (nSPS) is 19.4. The summed E-state index contributed by atoms with van der Waals surface area (Å²) in [5.41, 5.74) is 1.48. The molecule has 130 valence electrons. The first kappa shape index (κ1) is 17.1. The molecule has 1 N–H and O–H groups in total. The van der Waals surface area contributed by atoms with Gasteiger partial charge in [0.1, 0.15) is 11.5 Å². The Morgan fingerprint density at radius 2 is 1.96 bits per heavy atom. The van der Waals surface area contributed by atoms with Crippen molar-refractivity contribution in [3.8, 4) is 0 Å². The lowest BCUT2D eigenvalue weighted by Gasteiger charge is -2.21. The minimum Gasteiger partial charge on any atom is -0.464 e. The van der Waals surface area contributed by atoms with E-state index in [0.717, 1.165) is 24.8 Å². The Morgan fingerprint density at radius 3 is 2.68 bits per heavy atom. The summed E-state index contributed by atoms with van der Waals surface area (Å²) in [6, 6.07) is 9.38. The summed E-state index contributed by atoms with van der Waals surface area (Å²) < 4.78 is 17.7. The first-order valence-corrected chi connectivity index (χ1v) is 8.19. The maximum absolute atomic E-state index is 13.1. The smallest absolute Gasteiger partial charge is 0.356 e. The maximum atomic E-state index is 13.1. The van der Waals surface area contributed by atoms with Crippen molar-refractivity contribution in [2.45, 2.75) is 31.2 Å². The molecule has 0 spiro atoms. The molecule has 0 radical (unpaired) electrons. The lowest BCUT2D eigenvalue weighted by Crippen LogP contribution is -2.36. The zero-order chi connectivity index (χ0) is 17.8. The molecule has 0 bridgehead atoms. The molecule has 1 fully saturated rings. The van der Waals surface area contributed by atoms with Crippen molar-refractivity contribution in [3.63, 3.8) is 0 Å². The third-order valence-corrected chi connectivity index (χ3v) is 4.55. The van der Waals surface area contributed by atoms with Crippen LogP contribution >= 0.6 is 0 Å². The van der Waals surface area contributed by atoms with Gasteiger partial charge < -0.3 is 10.1 Å². The van der Waals surface area contributed by atoms with Crippen molar-refractivity contribution in [1.29, 1.82) is 0 Å². The Morgan fingerprint density at radius 1 is 1.20 bits per heavy atom. The van der Waals surface area contributed by atoms with Crippen LogP contribution in [-0.4, -0.2) is 30.0 Å². The molecule has 25 heavy (non-hydrogen) atoms. The number of nitrogens with zero attached hydrogens (tertiary/aromatic N) is 1. The minimum atomic E-state index is -0.584. The number of nitrogens with one attached hydrogen (secondary N) is 1. The van der Waals surface area contributed by atoms with E-state index in [9.17, 15) is 14.0 Å². The average Bonchev–Trinajstić information content (AvgIpc) is 3.09. The van der Waals surface area contributed by atoms with Gasteiger partial charge in [0.05, 0.1) is 7.11 Å². The number of hydrogen-bond acceptors (Lipinski definition) is 4. The van der Waals surface area contributed by atoms with Crippen molar-refractivity contribution in [1.82, 2.24) is 10.3 Å². The standard InChI is InChI=1S/C19H19FN2O3/c1-25-19(24)17-11-13(9-10-21-17)18(23)22-16-4-2-3-15(16)12-5-7-14(20)8-6-12/h5-11,15-16H,2-4H2,1H3,(H,22,23)/t15-,16-/m0/s1. The molecule has 1 saturated carbocycles. The van der Waals surface area contributed by atoms with E-state index in [1.165, 1.54) is 31.5 Å². The fourth-order valence-electron chi connectivity index (χ4n) is 3.28. The minimum absolute atomic E-state index is 0.0206. The third kappa shape index (κ3) is 3.84. The number of hydrogen-bond donors (Lipinski definition) is 1. The van der Waals surface area contributed by atoms with E-state index in [0.29, 0.717) is 5.56 Å². The fraction of sp³-hybridized carbons (Fsp3) is 0.316. The number of carbonyl (C=O) groups is 2. The Kier molecular flexibility index (Phi) is 5.07. The second-order valence-electron chi connectivity index (χ2n) is 6.09. The molecule has 1 amide bonds. The zero-order valence-corrected chi connectivity index (χ0v) is 13.9. The topological polar surface area (TPSA) is 68.3 Å². The summed E-state index contributed by atoms with van der Waals surface area (Å²) in [4.78, 5) is 28.0. The van der Waals surface area contributed by atoms with Crippen LogP contribution in [-0.2, 0) is 4.74 Å². The predicted octanol–water partition coefficient (Wildman–Crippen LogP) is 3.07. The first-order valence-electron chi connectivity index (χ1n) is 8.19. The molecule has 0 aliphatic heterocycles. The van der Waals surface area contributed by atoms with E-state index in [-0.39, 0.29) is 29.4 Å². The van der Waals surface area contributed by atoms with Gasteiger partial charge in [-0.1, -0.05) is 18.6 Å². The largest absolute Gasteiger partial charge is 0.464 e. The molecule has 2 atom stereocenters. The molecule has 1 heterocycles. The quantitative estimate of drug-likeness (QED) is 0.867. The van der Waals surface area contributed by atoms with E-state index < -0.39 is 5.97 Å². The SMILES string of the molecule is COC(=O)c1cc(C(=O)N[C@H]2CCC[C@H]2c2ccc(F)cc2)ccn1. The average molecular weight is 342 g/mol. The number of esters is 1. The highest BCUT2D eigenvalue weighted by Gasteiger charge is 2.30. The molecule has 2 aromatic rings. The molecule has 1 aliphatic rings. The Hall–Kier alpha value is -2.76. The Balaban J connectivity index is 1.73. The summed E-state index contributed by atoms with van der Waals surface area (Å²) in [6.45, 7) is 0. The van der Waals surface area contributed by atoms with Gasteiger partial charge in [-0.3, -0.25) is 4.79 Å². The summed E-state index contributed by atoms with van der Waals surface area (Å²) >= 11 is 0. The second kappa shape index (κ2) is 7.42. The van der Waals surface area contributed by atoms with Gasteiger partial charge in [0.2, 0.25) is 0 Å². The van der Waals surface area contributed by atoms with Gasteiger partial charge in [-0.2, -0.15) is 0 Å². The van der Waals surface area contributed by atoms with Gasteiger partial charge in [0.15, 0.2) is 0 Å². The van der Waals surface area contributed by atoms with Crippen LogP contribution in [0.2, 0.25) is 0 Å². The molecule has 5 nitrogen and oxygen atoms in total. The molecule has 1 aliphatic carbocycles. The van der Waals surface area contributed by atoms with Crippen LogP contribution in [0.3, 0.4) is 0 Å². The molecule has 1 aromatic carbocycles. The lowest BCUT2D eigenvalue weighted by molar-refractivity contribution is 0.0594. The van der Waals surface area contributed by atoms with Crippen molar-refractivity contribution >= 4 is 11.9 Å². The number of methoxy groups -OCH3 is 1. The highest BCUT2D eigenvalue weighted by molar-refractivity contribution is 5.97. The molecule has 0 saturated heterocycles. The van der Waals surface area contributed by atoms with Gasteiger partial charge in [0.25, 0.3) is 5.91 Å². The number of aromatic nitrogens is 1. The second-order valence-corrected chi connectivity index (χ2v) is 6.09. The monoisotopic (exact) mass is 342 g/mol. The van der Waals surface area contributed by atoms with Gasteiger partial charge in [-0.25, -0.2) is 14.2 Å². The van der Waals surface area contributed by atoms with Crippen LogP contribution in [0.4, 0.5) is 4.39 Å². The lowest BCUT2D eigenvalue weighted by atomic mass is 9.94. The van der Waals surface area contributed by atoms with Crippen molar-refractivity contribution in [2.24, 2.45) is 0 Å². The van der Waals surface area contributed by atoms with E-state index in [1.807, 2.05) is 0 Å². The summed E-state index contributed by atoms with van der Waals surface area (Å²) in [5.74, 6) is -0.952. The van der Waals surface area contributed by atoms with Gasteiger partial charge >= 0.3 is 5.97 Å². The van der Waals surface area contributed by atoms with E-state index >= 15 is 0 Å². The zero-order valence-electron chi connectivity index (χ0n) is 13.9. The van der Waals surface area contributed by atoms with Gasteiger partial charge in [-0.05, 0) is 42.7 Å². The van der Waals surface area contributed by atoms with Crippen LogP contribution in [0, 0.1) is 5.82 Å². The number of ether oxygens (including phenoxy) is 1. The number of amides is 1. The highest BCUT2D eigenvalue weighted by Crippen LogP contribution is 2.34. The number of benzene rings is 1. The van der Waals surface area contributed by atoms with Crippen molar-refractivity contribution < 1.29 is 18.7 Å². The molecular formula is C19H19FN2O3. The van der Waals surface area contributed by atoms with Crippen LogP contribution in [0.25, 0.3) is 0 Å². The van der Waals surface area contributed by atoms with Crippen LogP contribution < -0.4 is 5.32 Å². The van der Waals surface area contributed by atoms with Crippen molar-refractivity contribution in [2.75, 3.05) is 7.11 Å². The van der Waals surface area contributed by atoms with Gasteiger partial charge in [-0.15, -0.1) is 0 Å². The molecule has 6 heteroatoms. The Labute approximate surface area is 145 Å². The molecule has 0 unspecified atom stereocenters. The van der Waals surface area contributed by atoms with Crippen LogP contribution in [0.1, 0.15) is 51.6 Å². The molecule has 1 aromatic heterocycles. The van der Waals surface area contributed by atoms with E-state index in [2.05, 4.69) is 15.0 Å². The van der Waals surface area contributed by atoms with E-state index in [1.54, 1.807) is 18.2 Å². The van der Waals surface area contributed by atoms with E-state index in [4.69, 9.17) is 0 Å². The highest BCUT2D eigenvalue weighted by atomic mass is 19.1. The molecule has 3 rings (SSSR count). The molecular weight excluding hydrogens is 323 g/mol. The summed E-state index contributed by atoms with van der Waals surface area (Å²) in [5, 5.41) is 3.03. The number of halogens is 1. The summed E-state index contributed by atoms with van der Waals surface area (Å²) in [7, 11) is 1.27. The predicted molar refractivity (Wildman–Crippen MR) is 89.8 cm³/mol. The maximum Gasteiger partial charge on any atom is 0.356 e. The van der Waals surface area contributed by atoms with Crippen molar-refractivity contribution in [3.05, 3.63) is 65.2 Å². The number of pyridine rings is 1. The number of carbonyl (C=O) groups excluding carboxylic acids is 2. The fourth-order valence-corrected chi connectivity index (χ4v) is 3.28. The summed E-state index contributed by atoms with van der Waals surface area (Å²) in [6.07, 6.45) is 4.22. The Bertz CT molecular complexity index is 776. The first-order chi connectivity index (χ1) is 12.1. The third-order valence-electron chi connectivity index (χ3n) is 4.55. The van der Waals surface area contributed by atoms with Crippen LogP contribution in [0.15, 0.2) is 42.6 Å². The van der Waals surface area contributed by atoms with Crippen LogP contribution in [0.5, 0.6) is 0 Å². The number of rotatable bonds is 4.